The minimum Gasteiger partial charge on any atom is -0.454 e. The Morgan fingerprint density at radius 1 is 1.22 bits per heavy atom. The maximum atomic E-state index is 12.6. The van der Waals surface area contributed by atoms with Crippen molar-refractivity contribution < 1.29 is 19.0 Å². The Kier molecular flexibility index (Phi) is 4.18. The summed E-state index contributed by atoms with van der Waals surface area (Å²) in [7, 11) is 0. The number of hydrogen-bond donors (Lipinski definition) is 0. The van der Waals surface area contributed by atoms with Gasteiger partial charge >= 0.3 is 5.97 Å². The zero-order chi connectivity index (χ0) is 18.8. The number of hydrogen-bond acceptors (Lipinski definition) is 7. The van der Waals surface area contributed by atoms with Crippen LogP contribution in [0.4, 0.5) is 0 Å². The van der Waals surface area contributed by atoms with Crippen LogP contribution in [0.25, 0.3) is 10.9 Å². The highest BCUT2D eigenvalue weighted by atomic mass is 16.7. The predicted octanol–water partition coefficient (Wildman–Crippen LogP) is 2.01. The van der Waals surface area contributed by atoms with Crippen LogP contribution in [0.1, 0.15) is 16.2 Å². The number of carbonyl (C=O) groups is 1. The first kappa shape index (κ1) is 16.6. The molecule has 0 amide bonds. The van der Waals surface area contributed by atoms with Crippen molar-refractivity contribution in [1.29, 1.82) is 5.26 Å². The normalized spacial score (nSPS) is 12.0. The van der Waals surface area contributed by atoms with Gasteiger partial charge in [0.05, 0.1) is 22.5 Å². The lowest BCUT2D eigenvalue weighted by Gasteiger charge is -2.11. The minimum absolute atomic E-state index is 0.106. The lowest BCUT2D eigenvalue weighted by atomic mass is 10.2. The third-order valence-corrected chi connectivity index (χ3v) is 4.11. The van der Waals surface area contributed by atoms with E-state index in [9.17, 15) is 9.59 Å². The maximum absolute atomic E-state index is 12.6. The van der Waals surface area contributed by atoms with Crippen molar-refractivity contribution in [3.8, 4) is 17.6 Å². The molecule has 2 aromatic carbocycles. The molecular weight excluding hydrogens is 350 g/mol. The number of carbonyl (C=O) groups excluding carboxylic acids is 1. The fraction of sp³-hybridized carbons (Fsp3) is 0.158. The number of ether oxygens (including phenoxy) is 3. The summed E-state index contributed by atoms with van der Waals surface area (Å²) in [5, 5.41) is 9.42. The standard InChI is InChI=1S/C19H13N3O5/c20-7-8-22-17(21-14-4-2-1-3-13(14)18(22)23)10-25-19(24)12-5-6-15-16(9-12)27-11-26-15/h1-6,9H,8,10-11H2. The Balaban J connectivity index is 1.61. The average Bonchev–Trinajstić information content (AvgIpc) is 3.16. The van der Waals surface area contributed by atoms with E-state index in [1.54, 1.807) is 36.4 Å². The number of aromatic nitrogens is 2. The second-order valence-corrected chi connectivity index (χ2v) is 5.74. The molecule has 1 aliphatic heterocycles. The summed E-state index contributed by atoms with van der Waals surface area (Å²) in [5.41, 5.74) is 0.413. The number of esters is 1. The molecule has 0 aliphatic carbocycles. The summed E-state index contributed by atoms with van der Waals surface area (Å²) in [5.74, 6) is 0.633. The van der Waals surface area contributed by atoms with Gasteiger partial charge in [0, 0.05) is 0 Å². The smallest absolute Gasteiger partial charge is 0.338 e. The van der Waals surface area contributed by atoms with E-state index in [-0.39, 0.29) is 36.9 Å². The van der Waals surface area contributed by atoms with Crippen LogP contribution >= 0.6 is 0 Å². The van der Waals surface area contributed by atoms with Gasteiger partial charge in [-0.05, 0) is 30.3 Å². The zero-order valence-corrected chi connectivity index (χ0v) is 14.0. The van der Waals surface area contributed by atoms with Crippen molar-refractivity contribution in [3.63, 3.8) is 0 Å². The van der Waals surface area contributed by atoms with Gasteiger partial charge in [0.25, 0.3) is 5.56 Å². The SMILES string of the molecule is N#CCn1c(COC(=O)c2ccc3c(c2)OCO3)nc2ccccc2c1=O. The van der Waals surface area contributed by atoms with E-state index in [0.717, 1.165) is 0 Å². The highest BCUT2D eigenvalue weighted by molar-refractivity contribution is 5.90. The number of benzene rings is 2. The number of rotatable bonds is 4. The van der Waals surface area contributed by atoms with E-state index < -0.39 is 5.97 Å². The Hall–Kier alpha value is -3.86. The van der Waals surface area contributed by atoms with Crippen molar-refractivity contribution in [1.82, 2.24) is 9.55 Å². The van der Waals surface area contributed by atoms with Crippen LogP contribution in [0.15, 0.2) is 47.3 Å². The van der Waals surface area contributed by atoms with Gasteiger partial charge in [-0.15, -0.1) is 0 Å². The summed E-state index contributed by atoms with van der Waals surface area (Å²) in [6.45, 7) is -0.322. The third kappa shape index (κ3) is 3.06. The predicted molar refractivity (Wildman–Crippen MR) is 93.3 cm³/mol. The van der Waals surface area contributed by atoms with Crippen LogP contribution in [0.5, 0.6) is 11.5 Å². The van der Waals surface area contributed by atoms with E-state index in [4.69, 9.17) is 19.5 Å². The molecule has 0 radical (unpaired) electrons. The molecule has 0 bridgehead atoms. The summed E-state index contributed by atoms with van der Waals surface area (Å²) in [4.78, 5) is 29.3. The quantitative estimate of drug-likeness (QED) is 0.653. The monoisotopic (exact) mass is 363 g/mol. The van der Waals surface area contributed by atoms with Crippen molar-refractivity contribution in [3.05, 3.63) is 64.2 Å². The lowest BCUT2D eigenvalue weighted by Crippen LogP contribution is -2.26. The molecule has 0 atom stereocenters. The van der Waals surface area contributed by atoms with Crippen molar-refractivity contribution in [2.45, 2.75) is 13.2 Å². The fourth-order valence-electron chi connectivity index (χ4n) is 2.79. The van der Waals surface area contributed by atoms with E-state index in [0.29, 0.717) is 22.4 Å². The first-order chi connectivity index (χ1) is 13.2. The average molecular weight is 363 g/mol. The molecule has 0 unspecified atom stereocenters. The lowest BCUT2D eigenvalue weighted by molar-refractivity contribution is 0.0457. The number of fused-ring (bicyclic) bond motifs is 2. The van der Waals surface area contributed by atoms with Crippen LogP contribution in [0.2, 0.25) is 0 Å². The molecule has 8 nitrogen and oxygen atoms in total. The Morgan fingerprint density at radius 2 is 2.04 bits per heavy atom. The van der Waals surface area contributed by atoms with Crippen molar-refractivity contribution in [2.24, 2.45) is 0 Å². The first-order valence-electron chi connectivity index (χ1n) is 8.09. The molecular formula is C19H13N3O5. The molecule has 8 heteroatoms. The van der Waals surface area contributed by atoms with Crippen LogP contribution < -0.4 is 15.0 Å². The Bertz CT molecular complexity index is 1150. The van der Waals surface area contributed by atoms with Crippen LogP contribution in [0, 0.1) is 11.3 Å². The maximum Gasteiger partial charge on any atom is 0.338 e. The molecule has 0 fully saturated rings. The van der Waals surface area contributed by atoms with Gasteiger partial charge in [0.2, 0.25) is 6.79 Å². The van der Waals surface area contributed by atoms with Crippen LogP contribution in [-0.2, 0) is 17.9 Å². The molecule has 0 saturated carbocycles. The van der Waals surface area contributed by atoms with Gasteiger partial charge < -0.3 is 14.2 Å². The third-order valence-electron chi connectivity index (χ3n) is 4.11. The topological polar surface area (TPSA) is 103 Å². The van der Waals surface area contributed by atoms with Crippen molar-refractivity contribution in [2.75, 3.05) is 6.79 Å². The molecule has 3 aromatic rings. The molecule has 0 N–H and O–H groups in total. The minimum atomic E-state index is -0.598. The van der Waals surface area contributed by atoms with Crippen LogP contribution in [0.3, 0.4) is 0 Å². The summed E-state index contributed by atoms with van der Waals surface area (Å²) >= 11 is 0. The van der Waals surface area contributed by atoms with E-state index in [2.05, 4.69) is 4.98 Å². The molecule has 2 heterocycles. The summed E-state index contributed by atoms with van der Waals surface area (Å²) in [6.07, 6.45) is 0. The number of nitriles is 1. The second kappa shape index (κ2) is 6.80. The van der Waals surface area contributed by atoms with Gasteiger partial charge in [-0.2, -0.15) is 5.26 Å². The van der Waals surface area contributed by atoms with Gasteiger partial charge in [0.1, 0.15) is 13.2 Å². The van der Waals surface area contributed by atoms with E-state index >= 15 is 0 Å². The van der Waals surface area contributed by atoms with Gasteiger partial charge in [0.15, 0.2) is 17.3 Å². The number of para-hydroxylation sites is 1. The highest BCUT2D eigenvalue weighted by Gasteiger charge is 2.18. The van der Waals surface area contributed by atoms with E-state index in [1.165, 1.54) is 10.6 Å². The molecule has 1 aromatic heterocycles. The second-order valence-electron chi connectivity index (χ2n) is 5.74. The van der Waals surface area contributed by atoms with Crippen molar-refractivity contribution >= 4 is 16.9 Å². The molecule has 1 aliphatic rings. The zero-order valence-electron chi connectivity index (χ0n) is 14.0. The summed E-state index contributed by atoms with van der Waals surface area (Å²) < 4.78 is 17.0. The molecule has 0 saturated heterocycles. The fourth-order valence-corrected chi connectivity index (χ4v) is 2.79. The van der Waals surface area contributed by atoms with Gasteiger partial charge in [-0.3, -0.25) is 9.36 Å². The Labute approximate surface area is 153 Å². The first-order valence-corrected chi connectivity index (χ1v) is 8.09. The number of nitrogens with zero attached hydrogens (tertiary/aromatic N) is 3. The van der Waals surface area contributed by atoms with E-state index in [1.807, 2.05) is 6.07 Å². The van der Waals surface area contributed by atoms with Gasteiger partial charge in [-0.1, -0.05) is 12.1 Å². The molecule has 4 rings (SSSR count). The van der Waals surface area contributed by atoms with Gasteiger partial charge in [-0.25, -0.2) is 9.78 Å². The molecule has 27 heavy (non-hydrogen) atoms. The summed E-state index contributed by atoms with van der Waals surface area (Å²) in [6, 6.07) is 13.5. The molecule has 0 spiro atoms. The largest absolute Gasteiger partial charge is 0.454 e. The molecule has 134 valence electrons. The highest BCUT2D eigenvalue weighted by Crippen LogP contribution is 2.32. The Morgan fingerprint density at radius 3 is 2.89 bits per heavy atom. The van der Waals surface area contributed by atoms with Crippen LogP contribution in [-0.4, -0.2) is 22.3 Å².